The van der Waals surface area contributed by atoms with Gasteiger partial charge in [0.05, 0.1) is 11.0 Å². The molecule has 4 rings (SSSR count). The summed E-state index contributed by atoms with van der Waals surface area (Å²) in [4.78, 5) is 16.1. The first-order valence-electron chi connectivity index (χ1n) is 9.57. The first kappa shape index (κ1) is 20.4. The highest BCUT2D eigenvalue weighted by atomic mass is 19.1. The predicted octanol–water partition coefficient (Wildman–Crippen LogP) is 2.48. The molecule has 3 heterocycles. The number of rotatable bonds is 7. The van der Waals surface area contributed by atoms with Gasteiger partial charge in [0.15, 0.2) is 17.3 Å². The third kappa shape index (κ3) is 3.58. The van der Waals surface area contributed by atoms with Gasteiger partial charge in [0.25, 0.3) is 0 Å². The lowest BCUT2D eigenvalue weighted by Crippen LogP contribution is -2.30. The Morgan fingerprint density at radius 3 is 2.74 bits per heavy atom. The molecule has 0 fully saturated rings. The Morgan fingerprint density at radius 1 is 1.26 bits per heavy atom. The quantitative estimate of drug-likeness (QED) is 0.479. The highest BCUT2D eigenvalue weighted by Crippen LogP contribution is 2.33. The van der Waals surface area contributed by atoms with E-state index in [1.807, 2.05) is 6.92 Å². The van der Waals surface area contributed by atoms with Gasteiger partial charge >= 0.3 is 5.97 Å². The zero-order valence-corrected chi connectivity index (χ0v) is 17.2. The van der Waals surface area contributed by atoms with E-state index in [9.17, 15) is 14.3 Å². The van der Waals surface area contributed by atoms with Crippen molar-refractivity contribution in [1.29, 1.82) is 0 Å². The molecule has 0 unspecified atom stereocenters. The maximum absolute atomic E-state index is 14.3. The van der Waals surface area contributed by atoms with Crippen LogP contribution in [0.4, 0.5) is 4.39 Å². The number of benzene rings is 1. The van der Waals surface area contributed by atoms with E-state index in [0.29, 0.717) is 17.9 Å². The van der Waals surface area contributed by atoms with Crippen LogP contribution in [0.25, 0.3) is 17.0 Å². The van der Waals surface area contributed by atoms with E-state index in [0.717, 1.165) is 0 Å². The molecule has 0 atom stereocenters. The van der Waals surface area contributed by atoms with Crippen molar-refractivity contribution < 1.29 is 19.0 Å². The first-order chi connectivity index (χ1) is 14.8. The molecule has 31 heavy (non-hydrogen) atoms. The summed E-state index contributed by atoms with van der Waals surface area (Å²) in [5.41, 5.74) is -0.536. The Balaban J connectivity index is 1.84. The van der Waals surface area contributed by atoms with Gasteiger partial charge in [-0.05, 0) is 39.0 Å². The summed E-state index contributed by atoms with van der Waals surface area (Å²) in [5, 5.41) is 26.4. The highest BCUT2D eigenvalue weighted by Gasteiger charge is 2.35. The van der Waals surface area contributed by atoms with Crippen LogP contribution in [-0.2, 0) is 23.4 Å². The number of carboxylic acids is 1. The number of aliphatic carboxylic acids is 1. The lowest BCUT2D eigenvalue weighted by Gasteiger charge is -2.22. The molecule has 0 aliphatic rings. The minimum absolute atomic E-state index is 0.0200. The lowest BCUT2D eigenvalue weighted by atomic mass is 9.85. The zero-order chi connectivity index (χ0) is 22.2. The lowest BCUT2D eigenvalue weighted by molar-refractivity contribution is -0.142. The van der Waals surface area contributed by atoms with Gasteiger partial charge in [-0.15, -0.1) is 15.3 Å². The minimum atomic E-state index is -1.33. The first-order valence-corrected chi connectivity index (χ1v) is 9.57. The topological polar surface area (TPSA) is 120 Å². The predicted molar refractivity (Wildman–Crippen MR) is 107 cm³/mol. The van der Waals surface area contributed by atoms with Crippen LogP contribution in [0.5, 0.6) is 5.88 Å². The van der Waals surface area contributed by atoms with Gasteiger partial charge in [0.2, 0.25) is 5.88 Å². The summed E-state index contributed by atoms with van der Waals surface area (Å²) in [5.74, 6) is -0.750. The van der Waals surface area contributed by atoms with Crippen LogP contribution in [0, 0.1) is 5.82 Å². The minimum Gasteiger partial charge on any atom is -0.481 e. The molecule has 0 bridgehead atoms. The number of carbonyl (C=O) groups is 1. The molecule has 4 aromatic rings. The molecule has 3 aromatic heterocycles. The Kier molecular flexibility index (Phi) is 5.09. The van der Waals surface area contributed by atoms with Crippen LogP contribution in [0.3, 0.4) is 0 Å². The molecule has 1 N–H and O–H groups in total. The maximum atomic E-state index is 14.3. The fraction of sp³-hybridized carbons (Fsp3) is 0.300. The van der Waals surface area contributed by atoms with Gasteiger partial charge in [-0.25, -0.2) is 14.1 Å². The van der Waals surface area contributed by atoms with Crippen LogP contribution in [0.2, 0.25) is 0 Å². The fourth-order valence-corrected chi connectivity index (χ4v) is 3.09. The number of ether oxygens (including phenoxy) is 1. The Morgan fingerprint density at radius 2 is 2.03 bits per heavy atom. The number of hydrogen-bond donors (Lipinski definition) is 1. The Hall–Kier alpha value is -3.89. The second kappa shape index (κ2) is 7.74. The standard InChI is InChI=1S/C20H20FN7O3/c1-4-27-16(22-11-23-27)10-31-18-13(20(2,3)19(29)30)9-15-24-25-17(28(15)26-18)12-7-5-6-8-14(12)21/h5-9,11H,4,10H2,1-3H3,(H,29,30). The number of halogens is 1. The van der Waals surface area contributed by atoms with Crippen molar-refractivity contribution in [2.45, 2.75) is 39.3 Å². The summed E-state index contributed by atoms with van der Waals surface area (Å²) < 4.78 is 23.2. The number of nitrogens with zero attached hydrogens (tertiary/aromatic N) is 7. The van der Waals surface area contributed by atoms with Crippen LogP contribution < -0.4 is 4.74 Å². The Bertz CT molecular complexity index is 1260. The van der Waals surface area contributed by atoms with E-state index in [-0.39, 0.29) is 29.5 Å². The number of fused-ring (bicyclic) bond motifs is 1. The summed E-state index contributed by atoms with van der Waals surface area (Å²) in [6.07, 6.45) is 1.41. The number of aromatic nitrogens is 7. The van der Waals surface area contributed by atoms with E-state index >= 15 is 0 Å². The van der Waals surface area contributed by atoms with Crippen LogP contribution in [-0.4, -0.2) is 45.7 Å². The van der Waals surface area contributed by atoms with Gasteiger partial charge < -0.3 is 9.84 Å². The molecule has 0 spiro atoms. The van der Waals surface area contributed by atoms with Gasteiger partial charge in [0, 0.05) is 12.1 Å². The van der Waals surface area contributed by atoms with Crippen LogP contribution >= 0.6 is 0 Å². The van der Waals surface area contributed by atoms with Gasteiger partial charge in [-0.2, -0.15) is 9.61 Å². The summed E-state index contributed by atoms with van der Waals surface area (Å²) >= 11 is 0. The molecule has 0 saturated carbocycles. The van der Waals surface area contributed by atoms with Crippen molar-refractivity contribution in [3.05, 3.63) is 53.9 Å². The highest BCUT2D eigenvalue weighted by molar-refractivity contribution is 5.81. The molecule has 1 aromatic carbocycles. The molecule has 0 saturated heterocycles. The molecular weight excluding hydrogens is 405 g/mol. The maximum Gasteiger partial charge on any atom is 0.313 e. The summed E-state index contributed by atoms with van der Waals surface area (Å²) in [7, 11) is 0. The largest absolute Gasteiger partial charge is 0.481 e. The zero-order valence-electron chi connectivity index (χ0n) is 17.2. The van der Waals surface area contributed by atoms with Crippen LogP contribution in [0.15, 0.2) is 36.7 Å². The fourth-order valence-electron chi connectivity index (χ4n) is 3.09. The Labute approximate surface area is 176 Å². The van der Waals surface area contributed by atoms with Crippen molar-refractivity contribution in [2.75, 3.05) is 0 Å². The van der Waals surface area contributed by atoms with E-state index in [1.54, 1.807) is 42.8 Å². The SMILES string of the molecule is CCn1ncnc1COc1nn2c(-c3ccccc3F)nnc2cc1C(C)(C)C(=O)O. The van der Waals surface area contributed by atoms with Gasteiger partial charge in [0.1, 0.15) is 18.8 Å². The molecule has 10 nitrogen and oxygen atoms in total. The molecule has 0 radical (unpaired) electrons. The van der Waals surface area contributed by atoms with Gasteiger partial charge in [-0.3, -0.25) is 4.79 Å². The van der Waals surface area contributed by atoms with E-state index < -0.39 is 17.2 Å². The van der Waals surface area contributed by atoms with Crippen molar-refractivity contribution in [3.8, 4) is 17.3 Å². The number of aryl methyl sites for hydroxylation is 1. The molecule has 0 aliphatic carbocycles. The second-order valence-corrected chi connectivity index (χ2v) is 7.35. The molecule has 0 aliphatic heterocycles. The third-order valence-corrected chi connectivity index (χ3v) is 5.02. The van der Waals surface area contributed by atoms with Gasteiger partial charge in [-0.1, -0.05) is 12.1 Å². The van der Waals surface area contributed by atoms with Crippen molar-refractivity contribution in [3.63, 3.8) is 0 Å². The normalized spacial score (nSPS) is 11.7. The van der Waals surface area contributed by atoms with E-state index in [1.165, 1.54) is 16.9 Å². The average molecular weight is 425 g/mol. The van der Waals surface area contributed by atoms with Crippen molar-refractivity contribution in [2.24, 2.45) is 0 Å². The molecule has 160 valence electrons. The number of hydrogen-bond acceptors (Lipinski definition) is 7. The smallest absolute Gasteiger partial charge is 0.313 e. The van der Waals surface area contributed by atoms with Crippen molar-refractivity contribution >= 4 is 11.6 Å². The second-order valence-electron chi connectivity index (χ2n) is 7.35. The van der Waals surface area contributed by atoms with E-state index in [2.05, 4.69) is 25.4 Å². The third-order valence-electron chi connectivity index (χ3n) is 5.02. The van der Waals surface area contributed by atoms with Crippen molar-refractivity contribution in [1.82, 2.24) is 34.6 Å². The van der Waals surface area contributed by atoms with Crippen LogP contribution in [0.1, 0.15) is 32.2 Å². The summed E-state index contributed by atoms with van der Waals surface area (Å²) in [6, 6.07) is 7.66. The average Bonchev–Trinajstić information content (AvgIpc) is 3.38. The van der Waals surface area contributed by atoms with E-state index in [4.69, 9.17) is 4.74 Å². The molecule has 0 amide bonds. The summed E-state index contributed by atoms with van der Waals surface area (Å²) in [6.45, 7) is 5.61. The molecular formula is C20H20FN7O3. The molecule has 11 heteroatoms. The number of carboxylic acid groups (broad SMARTS) is 1. The monoisotopic (exact) mass is 425 g/mol.